The average Bonchev–Trinajstić information content (AvgIpc) is 3.41. The summed E-state index contributed by atoms with van der Waals surface area (Å²) in [7, 11) is -1.87. The van der Waals surface area contributed by atoms with Crippen LogP contribution in [0.15, 0.2) is 23.8 Å². The minimum Gasteiger partial charge on any atom is -0.481 e. The number of hydrogen-bond donors (Lipinski definition) is 3. The Balaban J connectivity index is 1.21. The molecule has 0 spiro atoms. The maximum atomic E-state index is 12.5. The van der Waals surface area contributed by atoms with Crippen LogP contribution in [0.1, 0.15) is 119 Å². The van der Waals surface area contributed by atoms with Gasteiger partial charge in [0, 0.05) is 43.2 Å². The topological polar surface area (TPSA) is 107 Å². The van der Waals surface area contributed by atoms with Crippen LogP contribution in [0, 0.1) is 57.2 Å². The third kappa shape index (κ3) is 6.17. The number of hydrogen-bond acceptors (Lipinski definition) is 5. The zero-order valence-corrected chi connectivity index (χ0v) is 33.0. The molecule has 1 heterocycles. The van der Waals surface area contributed by atoms with Crippen LogP contribution in [0.4, 0.5) is 0 Å². The predicted molar refractivity (Wildman–Crippen MR) is 205 cm³/mol. The molecule has 6 aliphatic rings. The summed E-state index contributed by atoms with van der Waals surface area (Å²) in [6, 6.07) is 0. The van der Waals surface area contributed by atoms with Gasteiger partial charge >= 0.3 is 11.9 Å². The number of allylic oxidation sites excluding steroid dienone is 3. The molecule has 0 aromatic carbocycles. The normalized spacial score (nSPS) is 42.1. The number of carboxylic acid groups (broad SMARTS) is 2. The van der Waals surface area contributed by atoms with Crippen LogP contribution in [0.5, 0.6) is 0 Å². The molecule has 6 rings (SSSR count). The Bertz CT molecular complexity index is 1470. The summed E-state index contributed by atoms with van der Waals surface area (Å²) in [5.41, 5.74) is 3.72. The van der Waals surface area contributed by atoms with E-state index in [1.54, 1.807) is 0 Å². The third-order valence-electron chi connectivity index (χ3n) is 16.8. The van der Waals surface area contributed by atoms with Crippen LogP contribution >= 0.6 is 0 Å². The van der Waals surface area contributed by atoms with Gasteiger partial charge in [0.15, 0.2) is 5.92 Å². The largest absolute Gasteiger partial charge is 0.481 e. The number of aliphatic carboxylic acids is 2. The molecule has 282 valence electrons. The minimum atomic E-state index is -1.87. The molecule has 0 aromatic heterocycles. The highest BCUT2D eigenvalue weighted by Crippen LogP contribution is 2.76. The molecule has 8 heteroatoms. The van der Waals surface area contributed by atoms with Crippen molar-refractivity contribution < 1.29 is 24.0 Å². The van der Waals surface area contributed by atoms with E-state index in [4.69, 9.17) is 0 Å². The van der Waals surface area contributed by atoms with Crippen LogP contribution in [-0.2, 0) is 19.1 Å². The van der Waals surface area contributed by atoms with Crippen molar-refractivity contribution in [2.75, 3.05) is 37.7 Å². The summed E-state index contributed by atoms with van der Waals surface area (Å²) in [4.78, 5) is 25.5. The SMILES string of the molecule is C=C(C)[C@@H]1CC[C@]2(NCCN3CCS(=C)(=O)CC3)CC[C@]3(C)[C@H](CC[C@@H]4[C@@]5(C)CC=C(CCCC(C(=O)O)C(=O)O)C(C)(C)[C@@H]5CC[C@]43C)[C@@H]12. The molecular formula is C42H68N2O5S. The van der Waals surface area contributed by atoms with Crippen molar-refractivity contribution in [1.29, 1.82) is 0 Å². The van der Waals surface area contributed by atoms with Gasteiger partial charge in [-0.1, -0.05) is 58.4 Å². The first-order chi connectivity index (χ1) is 23.3. The monoisotopic (exact) mass is 712 g/mol. The maximum Gasteiger partial charge on any atom is 0.317 e. The molecule has 7 nitrogen and oxygen atoms in total. The molecule has 1 aliphatic heterocycles. The molecule has 5 aliphatic carbocycles. The lowest BCUT2D eigenvalue weighted by Gasteiger charge is -2.72. The van der Waals surface area contributed by atoms with E-state index in [1.165, 1.54) is 62.5 Å². The number of fused-ring (bicyclic) bond motifs is 7. The summed E-state index contributed by atoms with van der Waals surface area (Å²) in [5, 5.41) is 23.1. The maximum absolute atomic E-state index is 12.5. The van der Waals surface area contributed by atoms with Gasteiger partial charge in [-0.2, -0.15) is 0 Å². The molecule has 0 aromatic rings. The molecule has 0 bridgehead atoms. The number of rotatable bonds is 11. The first-order valence-electron chi connectivity index (χ1n) is 19.9. The van der Waals surface area contributed by atoms with Crippen molar-refractivity contribution in [3.63, 3.8) is 0 Å². The van der Waals surface area contributed by atoms with Gasteiger partial charge in [-0.25, -0.2) is 0 Å². The fraction of sp³-hybridized carbons (Fsp3) is 0.833. The molecule has 3 N–H and O–H groups in total. The van der Waals surface area contributed by atoms with Crippen LogP contribution in [0.3, 0.4) is 0 Å². The second-order valence-electron chi connectivity index (χ2n) is 19.3. The molecule has 0 amide bonds. The Morgan fingerprint density at radius 1 is 0.960 bits per heavy atom. The number of carbonyl (C=O) groups is 2. The van der Waals surface area contributed by atoms with Gasteiger partial charge in [-0.15, -0.1) is 0 Å². The van der Waals surface area contributed by atoms with E-state index in [0.717, 1.165) is 50.5 Å². The molecule has 5 fully saturated rings. The van der Waals surface area contributed by atoms with Gasteiger partial charge in [0.2, 0.25) is 0 Å². The summed E-state index contributed by atoms with van der Waals surface area (Å²) in [6.45, 7) is 23.5. The first-order valence-corrected chi connectivity index (χ1v) is 22.0. The molecule has 50 heavy (non-hydrogen) atoms. The molecular weight excluding hydrogens is 645 g/mol. The Morgan fingerprint density at radius 3 is 2.28 bits per heavy atom. The van der Waals surface area contributed by atoms with Crippen LogP contribution in [-0.4, -0.2) is 80.4 Å². The highest BCUT2D eigenvalue weighted by atomic mass is 32.2. The summed E-state index contributed by atoms with van der Waals surface area (Å²) in [6.07, 6.45) is 15.2. The van der Waals surface area contributed by atoms with Crippen molar-refractivity contribution in [1.82, 2.24) is 10.2 Å². The lowest BCUT2D eigenvalue weighted by Crippen LogP contribution is -2.68. The molecule has 0 radical (unpaired) electrons. The van der Waals surface area contributed by atoms with Crippen molar-refractivity contribution in [2.24, 2.45) is 57.2 Å². The Kier molecular flexibility index (Phi) is 10.2. The highest BCUT2D eigenvalue weighted by Gasteiger charge is 2.70. The Hall–Kier alpha value is -1.64. The van der Waals surface area contributed by atoms with Crippen molar-refractivity contribution in [2.45, 2.75) is 124 Å². The molecule has 4 saturated carbocycles. The lowest BCUT2D eigenvalue weighted by molar-refractivity contribution is -0.221. The second kappa shape index (κ2) is 13.3. The Morgan fingerprint density at radius 2 is 1.64 bits per heavy atom. The fourth-order valence-electron chi connectivity index (χ4n) is 13.9. The molecule has 0 unspecified atom stereocenters. The van der Waals surface area contributed by atoms with E-state index < -0.39 is 27.4 Å². The number of nitrogens with zero attached hydrogens (tertiary/aromatic N) is 1. The van der Waals surface area contributed by atoms with Crippen LogP contribution in [0.25, 0.3) is 0 Å². The molecule has 1 saturated heterocycles. The zero-order chi connectivity index (χ0) is 36.5. The molecule has 9 atom stereocenters. The van der Waals surface area contributed by atoms with Gasteiger partial charge in [0.1, 0.15) is 0 Å². The van der Waals surface area contributed by atoms with Gasteiger partial charge in [0.25, 0.3) is 0 Å². The van der Waals surface area contributed by atoms with Gasteiger partial charge in [0.05, 0.1) is 0 Å². The van der Waals surface area contributed by atoms with E-state index in [2.05, 4.69) is 70.3 Å². The standard InChI is InChI=1S/C42H68N2O5S/c1-28(2)30-15-19-42(43-22-23-44-24-26-50(8,49)27-25-44)21-20-40(6)32(35(30)42)12-13-34-39(5)17-14-29(10-9-11-31(36(45)46)37(47)48)38(3,4)33(39)16-18-41(34,40)7/h14,30-35,43H,1,8-13,15-27H2,2-7H3,(H,45,46)(H,47,48)/t30-,32+,33-,34+,35+,39-,40+,41+,42-/m0/s1. The fourth-order valence-corrected chi connectivity index (χ4v) is 15.3. The van der Waals surface area contributed by atoms with Gasteiger partial charge < -0.3 is 20.4 Å². The number of nitrogens with one attached hydrogen (secondary N) is 1. The van der Waals surface area contributed by atoms with E-state index >= 15 is 0 Å². The predicted octanol–water partition coefficient (Wildman–Crippen LogP) is 7.51. The van der Waals surface area contributed by atoms with E-state index in [-0.39, 0.29) is 33.6 Å². The second-order valence-corrected chi connectivity index (χ2v) is 22.0. The van der Waals surface area contributed by atoms with Crippen molar-refractivity contribution >= 4 is 27.3 Å². The van der Waals surface area contributed by atoms with Crippen molar-refractivity contribution in [3.05, 3.63) is 23.8 Å². The van der Waals surface area contributed by atoms with Crippen molar-refractivity contribution in [3.8, 4) is 0 Å². The zero-order valence-electron chi connectivity index (χ0n) is 32.2. The summed E-state index contributed by atoms with van der Waals surface area (Å²) < 4.78 is 12.5. The average molecular weight is 713 g/mol. The summed E-state index contributed by atoms with van der Waals surface area (Å²) >= 11 is 0. The summed E-state index contributed by atoms with van der Waals surface area (Å²) in [5.74, 6) is 4.74. The first kappa shape index (κ1) is 38.1. The quantitative estimate of drug-likeness (QED) is 0.116. The highest BCUT2D eigenvalue weighted by molar-refractivity contribution is 8.00. The van der Waals surface area contributed by atoms with Crippen LogP contribution < -0.4 is 5.32 Å². The Labute approximate surface area is 303 Å². The third-order valence-corrected chi connectivity index (χ3v) is 18.7. The minimum absolute atomic E-state index is 0.00859. The lowest BCUT2D eigenvalue weighted by atomic mass is 9.33. The van der Waals surface area contributed by atoms with Gasteiger partial charge in [-0.05, 0) is 151 Å². The smallest absolute Gasteiger partial charge is 0.317 e. The van der Waals surface area contributed by atoms with Gasteiger partial charge in [-0.3, -0.25) is 13.8 Å². The van der Waals surface area contributed by atoms with Crippen LogP contribution in [0.2, 0.25) is 0 Å². The van der Waals surface area contributed by atoms with E-state index in [0.29, 0.717) is 36.0 Å². The van der Waals surface area contributed by atoms with E-state index in [1.807, 2.05) is 0 Å². The van der Waals surface area contributed by atoms with E-state index in [9.17, 15) is 24.0 Å². The number of carboxylic acids is 2.